The molecule has 0 saturated carbocycles. The van der Waals surface area contributed by atoms with Crippen LogP contribution in [0.4, 0.5) is 5.82 Å². The summed E-state index contributed by atoms with van der Waals surface area (Å²) in [4.78, 5) is 28.0. The molecule has 4 N–H and O–H groups in total. The molecule has 0 amide bonds. The van der Waals surface area contributed by atoms with Gasteiger partial charge in [-0.15, -0.1) is 5.10 Å². The zero-order chi connectivity index (χ0) is 10.7. The Morgan fingerprint density at radius 1 is 1.25 bits per heavy atom. The highest BCUT2D eigenvalue weighted by molar-refractivity contribution is 5.84. The molecule has 0 fully saturated rings. The van der Waals surface area contributed by atoms with E-state index in [0.717, 1.165) is 25.2 Å². The van der Waals surface area contributed by atoms with Gasteiger partial charge in [0.15, 0.2) is 0 Å². The smallest absolute Gasteiger partial charge is 0.342 e. The molecule has 0 bridgehead atoms. The number of amidine groups is 1. The minimum absolute atomic E-state index is 0. The summed E-state index contributed by atoms with van der Waals surface area (Å²) in [5, 5.41) is 5.64. The van der Waals surface area contributed by atoms with E-state index in [2.05, 4.69) is 26.0 Å². The standard InChI is InChI=1S/C7H10N6O2.BrH/c14-6-5(12-13-7(15)9-6)11-10-4-2-1-3-8-4;/h1-3H2,(H,8,10)(H,11,12)(H2,9,13,14,15);1H/p-1. The largest absolute Gasteiger partial charge is 1.00 e. The first-order chi connectivity index (χ1) is 7.25. The van der Waals surface area contributed by atoms with Crippen molar-refractivity contribution >= 4 is 11.7 Å². The molecule has 1 aliphatic heterocycles. The van der Waals surface area contributed by atoms with Crippen molar-refractivity contribution in [2.24, 2.45) is 4.99 Å². The Morgan fingerprint density at radius 2 is 2.06 bits per heavy atom. The maximum Gasteiger partial charge on any atom is 0.342 e. The Labute approximate surface area is 100 Å². The summed E-state index contributed by atoms with van der Waals surface area (Å²) in [6.45, 7) is 0.791. The van der Waals surface area contributed by atoms with Gasteiger partial charge in [-0.05, 0) is 6.42 Å². The number of rotatable bonds is 2. The van der Waals surface area contributed by atoms with Crippen LogP contribution in [0.25, 0.3) is 0 Å². The fraction of sp³-hybridized carbons (Fsp3) is 0.429. The lowest BCUT2D eigenvalue weighted by atomic mass is 10.3. The van der Waals surface area contributed by atoms with Crippen molar-refractivity contribution in [1.82, 2.24) is 20.6 Å². The van der Waals surface area contributed by atoms with Crippen LogP contribution >= 0.6 is 0 Å². The van der Waals surface area contributed by atoms with Gasteiger partial charge in [0.05, 0.1) is 0 Å². The van der Waals surface area contributed by atoms with Crippen molar-refractivity contribution < 1.29 is 17.0 Å². The minimum atomic E-state index is -0.635. The van der Waals surface area contributed by atoms with Crippen LogP contribution in [0.15, 0.2) is 14.6 Å². The van der Waals surface area contributed by atoms with Crippen molar-refractivity contribution in [1.29, 1.82) is 0 Å². The lowest BCUT2D eigenvalue weighted by Crippen LogP contribution is -3.00. The normalized spacial score (nSPS) is 13.9. The lowest BCUT2D eigenvalue weighted by molar-refractivity contribution is -0.00000347. The van der Waals surface area contributed by atoms with Gasteiger partial charge < -0.3 is 17.0 Å². The summed E-state index contributed by atoms with van der Waals surface area (Å²) < 4.78 is 0. The van der Waals surface area contributed by atoms with Gasteiger partial charge in [0.2, 0.25) is 5.82 Å². The van der Waals surface area contributed by atoms with E-state index in [9.17, 15) is 9.59 Å². The number of H-pyrrole nitrogens is 2. The van der Waals surface area contributed by atoms with Gasteiger partial charge in [0.25, 0.3) is 5.56 Å². The van der Waals surface area contributed by atoms with Gasteiger partial charge in [-0.1, -0.05) is 0 Å². The van der Waals surface area contributed by atoms with E-state index in [1.807, 2.05) is 4.98 Å². The number of aromatic nitrogens is 3. The number of nitrogens with one attached hydrogen (secondary N) is 4. The van der Waals surface area contributed by atoms with E-state index in [-0.39, 0.29) is 22.8 Å². The van der Waals surface area contributed by atoms with Crippen LogP contribution in [0.2, 0.25) is 0 Å². The third-order valence-electron chi connectivity index (χ3n) is 1.91. The van der Waals surface area contributed by atoms with Crippen LogP contribution < -0.4 is 39.1 Å². The number of nitrogens with zero attached hydrogens (tertiary/aromatic N) is 2. The Morgan fingerprint density at radius 3 is 2.69 bits per heavy atom. The van der Waals surface area contributed by atoms with E-state index in [4.69, 9.17) is 0 Å². The Hall–Kier alpha value is -1.64. The van der Waals surface area contributed by atoms with Crippen LogP contribution in [-0.2, 0) is 0 Å². The van der Waals surface area contributed by atoms with Crippen molar-refractivity contribution in [2.75, 3.05) is 12.0 Å². The highest BCUT2D eigenvalue weighted by Gasteiger charge is 2.06. The molecule has 0 radical (unpaired) electrons. The third-order valence-corrected chi connectivity index (χ3v) is 1.91. The quantitative estimate of drug-likeness (QED) is 0.410. The summed E-state index contributed by atoms with van der Waals surface area (Å²) in [6.07, 6.45) is 1.84. The van der Waals surface area contributed by atoms with E-state index >= 15 is 0 Å². The average Bonchev–Trinajstić information content (AvgIpc) is 2.69. The highest BCUT2D eigenvalue weighted by atomic mass is 79.9. The van der Waals surface area contributed by atoms with Crippen LogP contribution in [0.5, 0.6) is 0 Å². The maximum atomic E-state index is 11.2. The van der Waals surface area contributed by atoms with E-state index < -0.39 is 11.2 Å². The zero-order valence-corrected chi connectivity index (χ0v) is 9.80. The molecule has 2 heterocycles. The van der Waals surface area contributed by atoms with Gasteiger partial charge >= 0.3 is 5.69 Å². The number of halogens is 1. The zero-order valence-electron chi connectivity index (χ0n) is 8.21. The average molecular weight is 290 g/mol. The van der Waals surface area contributed by atoms with E-state index in [0.29, 0.717) is 0 Å². The molecule has 1 aromatic heterocycles. The number of hydrogen-bond donors (Lipinski definition) is 4. The van der Waals surface area contributed by atoms with Gasteiger partial charge in [0.1, 0.15) is 5.84 Å². The minimum Gasteiger partial charge on any atom is -1.00 e. The van der Waals surface area contributed by atoms with Crippen LogP contribution in [0, 0.1) is 0 Å². The Balaban J connectivity index is 0.00000128. The molecule has 0 atom stereocenters. The number of hydrazine groups is 1. The molecule has 0 aliphatic carbocycles. The number of anilines is 1. The first-order valence-corrected chi connectivity index (χ1v) is 4.50. The summed E-state index contributed by atoms with van der Waals surface area (Å²) in [6, 6.07) is 0. The molecular formula is C7H10BrN6O2-. The first kappa shape index (κ1) is 12.4. The number of aliphatic imine (C=N–C) groups is 1. The lowest BCUT2D eigenvalue weighted by Gasteiger charge is -2.05. The summed E-state index contributed by atoms with van der Waals surface area (Å²) in [7, 11) is 0. The summed E-state index contributed by atoms with van der Waals surface area (Å²) in [5.74, 6) is 0.784. The highest BCUT2D eigenvalue weighted by Crippen LogP contribution is 2.00. The second kappa shape index (κ2) is 5.45. The van der Waals surface area contributed by atoms with Crippen LogP contribution in [0.3, 0.4) is 0 Å². The molecule has 2 rings (SSSR count). The second-order valence-corrected chi connectivity index (χ2v) is 3.04. The molecule has 0 unspecified atom stereocenters. The molecule has 88 valence electrons. The SMILES string of the molecule is O=c1[nH]nc(NNC2=NCCC2)c(=O)[nH]1.[Br-]. The number of aromatic amines is 2. The van der Waals surface area contributed by atoms with Gasteiger partial charge in [-0.2, -0.15) is 0 Å². The molecule has 0 saturated heterocycles. The topological polar surface area (TPSA) is 115 Å². The molecule has 9 heteroatoms. The maximum absolute atomic E-state index is 11.2. The van der Waals surface area contributed by atoms with E-state index in [1.165, 1.54) is 0 Å². The van der Waals surface area contributed by atoms with Crippen molar-refractivity contribution in [3.8, 4) is 0 Å². The molecule has 0 spiro atoms. The Kier molecular flexibility index (Phi) is 4.23. The molecule has 0 aromatic carbocycles. The van der Waals surface area contributed by atoms with Gasteiger partial charge in [-0.25, -0.2) is 9.89 Å². The van der Waals surface area contributed by atoms with Crippen LogP contribution in [0.1, 0.15) is 12.8 Å². The molecular weight excluding hydrogens is 280 g/mol. The van der Waals surface area contributed by atoms with Crippen molar-refractivity contribution in [2.45, 2.75) is 12.8 Å². The van der Waals surface area contributed by atoms with Gasteiger partial charge in [0, 0.05) is 13.0 Å². The fourth-order valence-corrected chi connectivity index (χ4v) is 1.21. The molecule has 8 nitrogen and oxygen atoms in total. The second-order valence-electron chi connectivity index (χ2n) is 3.04. The molecule has 1 aliphatic rings. The fourth-order valence-electron chi connectivity index (χ4n) is 1.21. The Bertz CT molecular complexity index is 492. The predicted octanol–water partition coefficient (Wildman–Crippen LogP) is -4.43. The molecule has 16 heavy (non-hydrogen) atoms. The predicted molar refractivity (Wildman–Crippen MR) is 53.8 cm³/mol. The van der Waals surface area contributed by atoms with Crippen molar-refractivity contribution in [3.63, 3.8) is 0 Å². The third kappa shape index (κ3) is 2.92. The summed E-state index contributed by atoms with van der Waals surface area (Å²) in [5.41, 5.74) is 4.12. The van der Waals surface area contributed by atoms with Crippen molar-refractivity contribution in [3.05, 3.63) is 20.8 Å². The van der Waals surface area contributed by atoms with Crippen LogP contribution in [-0.4, -0.2) is 27.6 Å². The molecule has 1 aromatic rings. The first-order valence-electron chi connectivity index (χ1n) is 4.50. The van der Waals surface area contributed by atoms with Gasteiger partial charge in [-0.3, -0.25) is 25.6 Å². The monoisotopic (exact) mass is 289 g/mol. The summed E-state index contributed by atoms with van der Waals surface area (Å²) >= 11 is 0. The number of hydrogen-bond acceptors (Lipinski definition) is 6. The van der Waals surface area contributed by atoms with E-state index in [1.54, 1.807) is 0 Å².